The Kier molecular flexibility index (Phi) is 5.68. The Morgan fingerprint density at radius 3 is 2.47 bits per heavy atom. The molecule has 19 heavy (non-hydrogen) atoms. The SMILES string of the molecule is CCCC1CCC(NC(=O)C2CCC(C)NC2)CC1. The first-order chi connectivity index (χ1) is 9.19. The van der Waals surface area contributed by atoms with Gasteiger partial charge in [-0.1, -0.05) is 19.8 Å². The van der Waals surface area contributed by atoms with E-state index in [-0.39, 0.29) is 5.92 Å². The fourth-order valence-electron chi connectivity index (χ4n) is 3.55. The summed E-state index contributed by atoms with van der Waals surface area (Å²) in [6, 6.07) is 1.02. The molecule has 0 aromatic rings. The fraction of sp³-hybridized carbons (Fsp3) is 0.938. The number of carbonyl (C=O) groups is 1. The molecule has 1 amide bonds. The zero-order valence-corrected chi connectivity index (χ0v) is 12.6. The highest BCUT2D eigenvalue weighted by Gasteiger charge is 2.27. The third-order valence-electron chi connectivity index (χ3n) is 4.92. The summed E-state index contributed by atoms with van der Waals surface area (Å²) >= 11 is 0. The predicted octanol–water partition coefficient (Wildman–Crippen LogP) is 2.85. The Labute approximate surface area is 117 Å². The lowest BCUT2D eigenvalue weighted by Crippen LogP contribution is -2.47. The lowest BCUT2D eigenvalue weighted by atomic mass is 9.83. The molecule has 2 aliphatic rings. The molecule has 3 heteroatoms. The summed E-state index contributed by atoms with van der Waals surface area (Å²) in [5.74, 6) is 1.40. The average Bonchev–Trinajstić information content (AvgIpc) is 2.42. The number of hydrogen-bond acceptors (Lipinski definition) is 2. The van der Waals surface area contributed by atoms with Gasteiger partial charge in [0.2, 0.25) is 5.91 Å². The van der Waals surface area contributed by atoms with E-state index in [1.165, 1.54) is 38.5 Å². The lowest BCUT2D eigenvalue weighted by molar-refractivity contribution is -0.126. The first kappa shape index (κ1) is 14.8. The summed E-state index contributed by atoms with van der Waals surface area (Å²) in [7, 11) is 0. The van der Waals surface area contributed by atoms with Crippen LogP contribution in [0.15, 0.2) is 0 Å². The van der Waals surface area contributed by atoms with Gasteiger partial charge in [-0.25, -0.2) is 0 Å². The van der Waals surface area contributed by atoms with Gasteiger partial charge in [0.15, 0.2) is 0 Å². The van der Waals surface area contributed by atoms with Crippen molar-refractivity contribution in [2.24, 2.45) is 11.8 Å². The first-order valence-electron chi connectivity index (χ1n) is 8.22. The monoisotopic (exact) mass is 266 g/mol. The molecular formula is C16H30N2O. The number of nitrogens with one attached hydrogen (secondary N) is 2. The zero-order chi connectivity index (χ0) is 13.7. The molecule has 2 atom stereocenters. The van der Waals surface area contributed by atoms with Gasteiger partial charge in [-0.2, -0.15) is 0 Å². The van der Waals surface area contributed by atoms with Crippen molar-refractivity contribution in [1.29, 1.82) is 0 Å². The van der Waals surface area contributed by atoms with Crippen molar-refractivity contribution in [3.05, 3.63) is 0 Å². The van der Waals surface area contributed by atoms with Gasteiger partial charge < -0.3 is 10.6 Å². The highest BCUT2D eigenvalue weighted by atomic mass is 16.2. The van der Waals surface area contributed by atoms with Gasteiger partial charge in [0.1, 0.15) is 0 Å². The Morgan fingerprint density at radius 2 is 1.89 bits per heavy atom. The van der Waals surface area contributed by atoms with Crippen LogP contribution in [0.5, 0.6) is 0 Å². The van der Waals surface area contributed by atoms with E-state index in [0.29, 0.717) is 18.0 Å². The molecule has 2 rings (SSSR count). The highest BCUT2D eigenvalue weighted by molar-refractivity contribution is 5.79. The number of amides is 1. The molecule has 1 aliphatic carbocycles. The van der Waals surface area contributed by atoms with Crippen molar-refractivity contribution in [3.8, 4) is 0 Å². The maximum atomic E-state index is 12.2. The molecule has 0 bridgehead atoms. The molecule has 1 heterocycles. The summed E-state index contributed by atoms with van der Waals surface area (Å²) < 4.78 is 0. The van der Waals surface area contributed by atoms with E-state index in [4.69, 9.17) is 0 Å². The summed E-state index contributed by atoms with van der Waals surface area (Å²) in [6.45, 7) is 5.33. The average molecular weight is 266 g/mol. The van der Waals surface area contributed by atoms with Crippen molar-refractivity contribution in [3.63, 3.8) is 0 Å². The van der Waals surface area contributed by atoms with Crippen LogP contribution in [0.2, 0.25) is 0 Å². The van der Waals surface area contributed by atoms with E-state index in [9.17, 15) is 4.79 Å². The van der Waals surface area contributed by atoms with Crippen molar-refractivity contribution in [2.75, 3.05) is 6.54 Å². The Bertz CT molecular complexity index is 276. The minimum atomic E-state index is 0.199. The van der Waals surface area contributed by atoms with Crippen LogP contribution in [0.4, 0.5) is 0 Å². The quantitative estimate of drug-likeness (QED) is 0.821. The fourth-order valence-corrected chi connectivity index (χ4v) is 3.55. The topological polar surface area (TPSA) is 41.1 Å². The maximum Gasteiger partial charge on any atom is 0.224 e. The second kappa shape index (κ2) is 7.28. The van der Waals surface area contributed by atoms with Crippen LogP contribution in [0.25, 0.3) is 0 Å². The van der Waals surface area contributed by atoms with E-state index >= 15 is 0 Å². The number of piperidine rings is 1. The van der Waals surface area contributed by atoms with Crippen molar-refractivity contribution in [1.82, 2.24) is 10.6 Å². The van der Waals surface area contributed by atoms with E-state index in [2.05, 4.69) is 24.5 Å². The van der Waals surface area contributed by atoms with Crippen LogP contribution < -0.4 is 10.6 Å². The number of hydrogen-bond donors (Lipinski definition) is 2. The van der Waals surface area contributed by atoms with Crippen molar-refractivity contribution in [2.45, 2.75) is 77.3 Å². The molecule has 0 aromatic heterocycles. The van der Waals surface area contributed by atoms with Crippen LogP contribution in [-0.4, -0.2) is 24.5 Å². The lowest BCUT2D eigenvalue weighted by Gasteiger charge is -2.32. The van der Waals surface area contributed by atoms with Gasteiger partial charge >= 0.3 is 0 Å². The van der Waals surface area contributed by atoms with Gasteiger partial charge in [-0.3, -0.25) is 4.79 Å². The predicted molar refractivity (Wildman–Crippen MR) is 79.0 cm³/mol. The number of carbonyl (C=O) groups excluding carboxylic acids is 1. The molecule has 1 saturated carbocycles. The Morgan fingerprint density at radius 1 is 1.16 bits per heavy atom. The van der Waals surface area contributed by atoms with Gasteiger partial charge in [0.05, 0.1) is 5.92 Å². The molecule has 3 nitrogen and oxygen atoms in total. The standard InChI is InChI=1S/C16H30N2O/c1-3-4-13-6-9-15(10-7-13)18-16(19)14-8-5-12(2)17-11-14/h12-15,17H,3-11H2,1-2H3,(H,18,19). The van der Waals surface area contributed by atoms with Gasteiger partial charge in [0, 0.05) is 18.6 Å². The van der Waals surface area contributed by atoms with E-state index in [1.54, 1.807) is 0 Å². The molecular weight excluding hydrogens is 236 g/mol. The maximum absolute atomic E-state index is 12.2. The normalized spacial score (nSPS) is 35.9. The van der Waals surface area contributed by atoms with Gasteiger partial charge in [0.25, 0.3) is 0 Å². The van der Waals surface area contributed by atoms with Crippen molar-refractivity contribution < 1.29 is 4.79 Å². The van der Waals surface area contributed by atoms with Crippen LogP contribution >= 0.6 is 0 Å². The smallest absolute Gasteiger partial charge is 0.224 e. The van der Waals surface area contributed by atoms with Crippen LogP contribution in [0.1, 0.15) is 65.2 Å². The van der Waals surface area contributed by atoms with Crippen LogP contribution in [-0.2, 0) is 4.79 Å². The van der Waals surface area contributed by atoms with Crippen LogP contribution in [0, 0.1) is 11.8 Å². The third kappa shape index (κ3) is 4.48. The molecule has 2 unspecified atom stereocenters. The number of rotatable bonds is 4. The highest BCUT2D eigenvalue weighted by Crippen LogP contribution is 2.28. The minimum Gasteiger partial charge on any atom is -0.353 e. The van der Waals surface area contributed by atoms with Crippen LogP contribution in [0.3, 0.4) is 0 Å². The van der Waals surface area contributed by atoms with Gasteiger partial charge in [-0.05, 0) is 51.4 Å². The molecule has 2 N–H and O–H groups in total. The second-order valence-corrected chi connectivity index (χ2v) is 6.60. The summed E-state index contributed by atoms with van der Waals surface area (Å²) in [6.07, 6.45) is 9.82. The molecule has 0 aromatic carbocycles. The molecule has 0 radical (unpaired) electrons. The molecule has 110 valence electrons. The molecule has 1 saturated heterocycles. The largest absolute Gasteiger partial charge is 0.353 e. The summed E-state index contributed by atoms with van der Waals surface area (Å²) in [4.78, 5) is 12.2. The molecule has 0 spiro atoms. The van der Waals surface area contributed by atoms with Gasteiger partial charge in [-0.15, -0.1) is 0 Å². The Hall–Kier alpha value is -0.570. The molecule has 2 fully saturated rings. The van der Waals surface area contributed by atoms with E-state index in [0.717, 1.165) is 25.3 Å². The minimum absolute atomic E-state index is 0.199. The summed E-state index contributed by atoms with van der Waals surface area (Å²) in [5.41, 5.74) is 0. The summed E-state index contributed by atoms with van der Waals surface area (Å²) in [5, 5.41) is 6.70. The molecule has 1 aliphatic heterocycles. The van der Waals surface area contributed by atoms with Crippen molar-refractivity contribution >= 4 is 5.91 Å². The zero-order valence-electron chi connectivity index (χ0n) is 12.6. The Balaban J connectivity index is 1.69. The van der Waals surface area contributed by atoms with E-state index in [1.807, 2.05) is 0 Å². The third-order valence-corrected chi connectivity index (χ3v) is 4.92. The van der Waals surface area contributed by atoms with E-state index < -0.39 is 0 Å². The second-order valence-electron chi connectivity index (χ2n) is 6.60. The first-order valence-corrected chi connectivity index (χ1v) is 8.22.